The lowest BCUT2D eigenvalue weighted by molar-refractivity contribution is 0.866. The molecule has 2 aromatic rings. The normalized spacial score (nSPS) is 10.4. The summed E-state index contributed by atoms with van der Waals surface area (Å²) in [7, 11) is 0. The Hall–Kier alpha value is -1.05. The Labute approximate surface area is 88.9 Å². The molecule has 2 aromatic heterocycles. The van der Waals surface area contributed by atoms with Crippen LogP contribution in [0.15, 0.2) is 28.0 Å². The highest BCUT2D eigenvalue weighted by Gasteiger charge is 2.06. The maximum Gasteiger partial charge on any atom is 0.176 e. The predicted molar refractivity (Wildman–Crippen MR) is 54.0 cm³/mol. The first kappa shape index (κ1) is 9.50. The van der Waals surface area contributed by atoms with E-state index in [-0.39, 0.29) is 0 Å². The fourth-order valence-electron chi connectivity index (χ4n) is 0.877. The van der Waals surface area contributed by atoms with Gasteiger partial charge in [0, 0.05) is 18.3 Å². The molecule has 2 rings (SSSR count). The zero-order chi connectivity index (χ0) is 9.80. The molecule has 0 aliphatic heterocycles. The summed E-state index contributed by atoms with van der Waals surface area (Å²) >= 11 is 2.77. The molecule has 0 amide bonds. The average Bonchev–Trinajstić information content (AvgIpc) is 2.71. The molecule has 0 unspecified atom stereocenters. The summed E-state index contributed by atoms with van der Waals surface area (Å²) in [6.45, 7) is 0.455. The van der Waals surface area contributed by atoms with Crippen LogP contribution in [0.1, 0.15) is 5.56 Å². The largest absolute Gasteiger partial charge is 0.326 e. The fourth-order valence-corrected chi connectivity index (χ4v) is 2.31. The van der Waals surface area contributed by atoms with E-state index < -0.39 is 0 Å². The van der Waals surface area contributed by atoms with Gasteiger partial charge in [0.25, 0.3) is 0 Å². The van der Waals surface area contributed by atoms with Crippen LogP contribution < -0.4 is 5.73 Å². The van der Waals surface area contributed by atoms with E-state index in [1.165, 1.54) is 29.6 Å². The molecule has 7 heteroatoms. The number of hydrogen-bond acceptors (Lipinski definition) is 7. The van der Waals surface area contributed by atoms with Crippen LogP contribution in [-0.4, -0.2) is 19.6 Å². The van der Waals surface area contributed by atoms with Gasteiger partial charge in [-0.15, -0.1) is 5.10 Å². The predicted octanol–water partition coefficient (Wildman–Crippen LogP) is 0.938. The van der Waals surface area contributed by atoms with Gasteiger partial charge in [0.15, 0.2) is 4.34 Å². The molecule has 0 radical (unpaired) electrons. The van der Waals surface area contributed by atoms with Gasteiger partial charge in [-0.3, -0.25) is 0 Å². The quantitative estimate of drug-likeness (QED) is 0.837. The molecule has 14 heavy (non-hydrogen) atoms. The summed E-state index contributed by atoms with van der Waals surface area (Å²) in [5.41, 5.74) is 6.54. The lowest BCUT2D eigenvalue weighted by Gasteiger charge is -2.00. The molecule has 0 spiro atoms. The zero-order valence-corrected chi connectivity index (χ0v) is 8.75. The Morgan fingerprint density at radius 1 is 1.50 bits per heavy atom. The topological polar surface area (TPSA) is 77.6 Å². The van der Waals surface area contributed by atoms with Crippen molar-refractivity contribution in [1.29, 1.82) is 0 Å². The van der Waals surface area contributed by atoms with Gasteiger partial charge >= 0.3 is 0 Å². The van der Waals surface area contributed by atoms with Crippen molar-refractivity contribution in [2.24, 2.45) is 5.73 Å². The van der Waals surface area contributed by atoms with E-state index >= 15 is 0 Å². The van der Waals surface area contributed by atoms with Crippen molar-refractivity contribution >= 4 is 23.3 Å². The molecular weight excluding hydrogens is 218 g/mol. The van der Waals surface area contributed by atoms with Gasteiger partial charge in [0.1, 0.15) is 11.4 Å². The van der Waals surface area contributed by atoms with E-state index in [1.807, 2.05) is 6.07 Å². The number of nitrogens with zero attached hydrogens (tertiary/aromatic N) is 4. The number of rotatable bonds is 3. The first-order chi connectivity index (χ1) is 6.90. The molecular formula is C7H7N5S2. The Morgan fingerprint density at radius 3 is 3.14 bits per heavy atom. The molecule has 5 nitrogen and oxygen atoms in total. The van der Waals surface area contributed by atoms with E-state index in [9.17, 15) is 0 Å². The van der Waals surface area contributed by atoms with Gasteiger partial charge < -0.3 is 5.73 Å². The van der Waals surface area contributed by atoms with E-state index in [1.54, 1.807) is 6.20 Å². The van der Waals surface area contributed by atoms with Crippen LogP contribution in [0, 0.1) is 0 Å². The summed E-state index contributed by atoms with van der Waals surface area (Å²) in [5, 5.41) is 8.60. The second-order valence-corrected chi connectivity index (χ2v) is 4.39. The second kappa shape index (κ2) is 4.45. The molecule has 0 saturated carbocycles. The Morgan fingerprint density at radius 2 is 2.43 bits per heavy atom. The molecule has 72 valence electrons. The highest BCUT2D eigenvalue weighted by molar-refractivity contribution is 8.00. The molecule has 0 fully saturated rings. The van der Waals surface area contributed by atoms with Crippen LogP contribution in [-0.2, 0) is 6.54 Å². The lowest BCUT2D eigenvalue weighted by atomic mass is 10.3. The fraction of sp³-hybridized carbons (Fsp3) is 0.143. The zero-order valence-electron chi connectivity index (χ0n) is 7.12. The first-order valence-electron chi connectivity index (χ1n) is 3.85. The number of nitrogens with two attached hydrogens (primary N) is 1. The van der Waals surface area contributed by atoms with Crippen molar-refractivity contribution in [2.45, 2.75) is 15.9 Å². The maximum atomic E-state index is 5.57. The minimum absolute atomic E-state index is 0.455. The van der Waals surface area contributed by atoms with Crippen molar-refractivity contribution < 1.29 is 0 Å². The van der Waals surface area contributed by atoms with E-state index in [4.69, 9.17) is 5.73 Å². The molecule has 0 aliphatic rings. The Balaban J connectivity index is 2.24. The highest BCUT2D eigenvalue weighted by atomic mass is 32.2. The SMILES string of the molecule is NCc1ccnnc1Sc1ncns1. The molecule has 2 heterocycles. The number of aromatic nitrogens is 4. The van der Waals surface area contributed by atoms with Crippen LogP contribution in [0.4, 0.5) is 0 Å². The van der Waals surface area contributed by atoms with Gasteiger partial charge in [-0.25, -0.2) is 4.98 Å². The standard InChI is InChI=1S/C7H7N5S2/c8-3-5-1-2-10-12-6(5)13-7-9-4-11-14-7/h1-2,4H,3,8H2. The van der Waals surface area contributed by atoms with E-state index in [0.29, 0.717) is 6.54 Å². The molecule has 2 N–H and O–H groups in total. The van der Waals surface area contributed by atoms with Crippen molar-refractivity contribution in [3.63, 3.8) is 0 Å². The minimum atomic E-state index is 0.455. The third-order valence-corrected chi connectivity index (χ3v) is 3.26. The molecule has 0 aliphatic carbocycles. The van der Waals surface area contributed by atoms with Crippen molar-refractivity contribution in [1.82, 2.24) is 19.6 Å². The second-order valence-electron chi connectivity index (χ2n) is 2.37. The number of hydrogen-bond donors (Lipinski definition) is 1. The maximum absolute atomic E-state index is 5.57. The van der Waals surface area contributed by atoms with Crippen LogP contribution in [0.3, 0.4) is 0 Å². The van der Waals surface area contributed by atoms with Crippen molar-refractivity contribution in [2.75, 3.05) is 0 Å². The molecule has 0 saturated heterocycles. The van der Waals surface area contributed by atoms with Crippen LogP contribution in [0.25, 0.3) is 0 Å². The van der Waals surface area contributed by atoms with Crippen molar-refractivity contribution in [3.05, 3.63) is 24.2 Å². The first-order valence-corrected chi connectivity index (χ1v) is 5.44. The van der Waals surface area contributed by atoms with E-state index in [0.717, 1.165) is 14.9 Å². The molecule has 0 atom stereocenters. The summed E-state index contributed by atoms with van der Waals surface area (Å²) in [6, 6.07) is 1.86. The Kier molecular flexibility index (Phi) is 3.02. The third-order valence-electron chi connectivity index (χ3n) is 1.51. The molecule has 0 bridgehead atoms. The van der Waals surface area contributed by atoms with Crippen LogP contribution in [0.5, 0.6) is 0 Å². The van der Waals surface area contributed by atoms with Crippen LogP contribution >= 0.6 is 23.3 Å². The average molecular weight is 225 g/mol. The van der Waals surface area contributed by atoms with Gasteiger partial charge in [-0.2, -0.15) is 9.47 Å². The third kappa shape index (κ3) is 2.06. The van der Waals surface area contributed by atoms with Gasteiger partial charge in [-0.1, -0.05) is 0 Å². The van der Waals surface area contributed by atoms with Crippen LogP contribution in [0.2, 0.25) is 0 Å². The van der Waals surface area contributed by atoms with Gasteiger partial charge in [0.2, 0.25) is 0 Å². The highest BCUT2D eigenvalue weighted by Crippen LogP contribution is 2.28. The van der Waals surface area contributed by atoms with Gasteiger partial charge in [-0.05, 0) is 29.4 Å². The lowest BCUT2D eigenvalue weighted by Crippen LogP contribution is -2.00. The monoisotopic (exact) mass is 225 g/mol. The minimum Gasteiger partial charge on any atom is -0.326 e. The Bertz CT molecular complexity index is 402. The summed E-state index contributed by atoms with van der Waals surface area (Å²) in [5.74, 6) is 0. The van der Waals surface area contributed by atoms with Crippen molar-refractivity contribution in [3.8, 4) is 0 Å². The summed E-state index contributed by atoms with van der Waals surface area (Å²) in [6.07, 6.45) is 3.15. The van der Waals surface area contributed by atoms with Gasteiger partial charge in [0.05, 0.1) is 0 Å². The summed E-state index contributed by atoms with van der Waals surface area (Å²) in [4.78, 5) is 4.05. The smallest absolute Gasteiger partial charge is 0.176 e. The van der Waals surface area contributed by atoms with E-state index in [2.05, 4.69) is 19.6 Å². The summed E-state index contributed by atoms with van der Waals surface area (Å²) < 4.78 is 4.75. The molecule has 0 aromatic carbocycles.